The van der Waals surface area contributed by atoms with Gasteiger partial charge in [-0.15, -0.1) is 0 Å². The highest BCUT2D eigenvalue weighted by atomic mass is 127. The first kappa shape index (κ1) is 9.95. The van der Waals surface area contributed by atoms with Crippen molar-refractivity contribution in [2.24, 2.45) is 0 Å². The molecule has 0 aliphatic heterocycles. The smallest absolute Gasteiger partial charge is 0.0132 e. The molecule has 0 unspecified atom stereocenters. The van der Waals surface area contributed by atoms with Gasteiger partial charge in [-0.25, -0.2) is 0 Å². The Morgan fingerprint density at radius 2 is 1.80 bits per heavy atom. The molecular weight excluding hydrogens is 235 g/mol. The first-order valence-electron chi connectivity index (χ1n) is 3.51. The molecule has 1 heteroatoms. The molecule has 1 rings (SSSR count). The van der Waals surface area contributed by atoms with Crippen LogP contribution in [0.4, 0.5) is 0 Å². The maximum absolute atomic E-state index is 2.31. The zero-order valence-corrected chi connectivity index (χ0v) is 8.84. The third-order valence-electron chi connectivity index (χ3n) is 0.980. The summed E-state index contributed by atoms with van der Waals surface area (Å²) in [6, 6.07) is 8.41. The van der Waals surface area contributed by atoms with E-state index in [2.05, 4.69) is 53.8 Å². The lowest BCUT2D eigenvalue weighted by atomic mass is 10.2. The highest BCUT2D eigenvalue weighted by Gasteiger charge is 1.82. The molecule has 56 valence electrons. The van der Waals surface area contributed by atoms with Crippen molar-refractivity contribution in [2.75, 3.05) is 0 Å². The van der Waals surface area contributed by atoms with Crippen LogP contribution in [0.25, 0.3) is 0 Å². The Kier molecular flexibility index (Phi) is 5.69. The van der Waals surface area contributed by atoms with Gasteiger partial charge in [0, 0.05) is 3.57 Å². The Balaban J connectivity index is 0.000000371. The summed E-state index contributed by atoms with van der Waals surface area (Å²) in [5, 5.41) is 0. The number of halogens is 1. The summed E-state index contributed by atoms with van der Waals surface area (Å²) in [4.78, 5) is 0. The number of hydrogen-bond donors (Lipinski definition) is 0. The quantitative estimate of drug-likeness (QED) is 0.615. The van der Waals surface area contributed by atoms with E-state index >= 15 is 0 Å². The summed E-state index contributed by atoms with van der Waals surface area (Å²) in [5.74, 6) is 0. The Morgan fingerprint density at radius 1 is 1.20 bits per heavy atom. The molecule has 0 N–H and O–H groups in total. The minimum atomic E-state index is 1.31. The topological polar surface area (TPSA) is 0 Å². The molecule has 0 atom stereocenters. The van der Waals surface area contributed by atoms with Gasteiger partial charge in [0.25, 0.3) is 0 Å². The van der Waals surface area contributed by atoms with Gasteiger partial charge in [0.15, 0.2) is 0 Å². The van der Waals surface area contributed by atoms with Gasteiger partial charge in [-0.05, 0) is 41.6 Å². The second kappa shape index (κ2) is 5.71. The highest BCUT2D eigenvalue weighted by molar-refractivity contribution is 14.1. The normalized spacial score (nSPS) is 8.00. The maximum atomic E-state index is 2.31. The van der Waals surface area contributed by atoms with Gasteiger partial charge in [0.1, 0.15) is 0 Å². The Morgan fingerprint density at radius 3 is 2.10 bits per heavy atom. The van der Waals surface area contributed by atoms with Crippen LogP contribution in [0.15, 0.2) is 24.3 Å². The van der Waals surface area contributed by atoms with E-state index in [9.17, 15) is 0 Å². The SMILES string of the molecule is CC.Cc1cccc(I)c1. The lowest BCUT2D eigenvalue weighted by molar-refractivity contribution is 1.45. The molecular formula is C9H13I. The molecule has 0 saturated heterocycles. The lowest BCUT2D eigenvalue weighted by Gasteiger charge is -1.89. The van der Waals surface area contributed by atoms with Gasteiger partial charge in [-0.2, -0.15) is 0 Å². The molecule has 0 aliphatic rings. The van der Waals surface area contributed by atoms with E-state index in [0.29, 0.717) is 0 Å². The Hall–Kier alpha value is -0.0500. The second-order valence-electron chi connectivity index (χ2n) is 1.80. The standard InChI is InChI=1S/C7H7I.C2H6/c1-6-3-2-4-7(8)5-6;1-2/h2-5H,1H3;1-2H3. The van der Waals surface area contributed by atoms with E-state index in [1.165, 1.54) is 9.13 Å². The number of benzene rings is 1. The summed E-state index contributed by atoms with van der Waals surface area (Å²) in [6.07, 6.45) is 0. The first-order chi connectivity index (χ1) is 4.79. The van der Waals surface area contributed by atoms with E-state index < -0.39 is 0 Å². The van der Waals surface area contributed by atoms with Crippen LogP contribution in [0.1, 0.15) is 19.4 Å². The summed E-state index contributed by atoms with van der Waals surface area (Å²) in [5.41, 5.74) is 1.33. The number of aryl methyl sites for hydroxylation is 1. The van der Waals surface area contributed by atoms with Crippen molar-refractivity contribution >= 4 is 22.6 Å². The minimum absolute atomic E-state index is 1.31. The van der Waals surface area contributed by atoms with Crippen molar-refractivity contribution in [2.45, 2.75) is 20.8 Å². The second-order valence-corrected chi connectivity index (χ2v) is 3.04. The molecule has 0 aliphatic carbocycles. The van der Waals surface area contributed by atoms with Crippen LogP contribution in [-0.4, -0.2) is 0 Å². The monoisotopic (exact) mass is 248 g/mol. The van der Waals surface area contributed by atoms with Crippen molar-refractivity contribution in [3.8, 4) is 0 Å². The molecule has 0 radical (unpaired) electrons. The molecule has 10 heavy (non-hydrogen) atoms. The third-order valence-corrected chi connectivity index (χ3v) is 1.65. The highest BCUT2D eigenvalue weighted by Crippen LogP contribution is 2.05. The first-order valence-corrected chi connectivity index (χ1v) is 4.59. The predicted octanol–water partition coefficient (Wildman–Crippen LogP) is 3.63. The van der Waals surface area contributed by atoms with Crippen molar-refractivity contribution in [3.63, 3.8) is 0 Å². The van der Waals surface area contributed by atoms with Gasteiger partial charge in [-0.3, -0.25) is 0 Å². The zero-order valence-electron chi connectivity index (χ0n) is 6.69. The fourth-order valence-electron chi connectivity index (χ4n) is 0.606. The van der Waals surface area contributed by atoms with Crippen molar-refractivity contribution < 1.29 is 0 Å². The molecule has 0 fully saturated rings. The van der Waals surface area contributed by atoms with Crippen LogP contribution < -0.4 is 0 Å². The largest absolute Gasteiger partial charge is 0.0683 e. The Labute approximate surface area is 76.8 Å². The van der Waals surface area contributed by atoms with Crippen molar-refractivity contribution in [3.05, 3.63) is 33.4 Å². The minimum Gasteiger partial charge on any atom is -0.0683 e. The fourth-order valence-corrected chi connectivity index (χ4v) is 1.30. The maximum Gasteiger partial charge on any atom is 0.0132 e. The summed E-state index contributed by atoms with van der Waals surface area (Å²) in [7, 11) is 0. The summed E-state index contributed by atoms with van der Waals surface area (Å²) >= 11 is 2.31. The predicted molar refractivity (Wildman–Crippen MR) is 55.2 cm³/mol. The van der Waals surface area contributed by atoms with Gasteiger partial charge in [-0.1, -0.05) is 31.5 Å². The van der Waals surface area contributed by atoms with Crippen LogP contribution in [0.2, 0.25) is 0 Å². The van der Waals surface area contributed by atoms with E-state index in [4.69, 9.17) is 0 Å². The number of rotatable bonds is 0. The number of hydrogen-bond acceptors (Lipinski definition) is 0. The van der Waals surface area contributed by atoms with E-state index in [0.717, 1.165) is 0 Å². The van der Waals surface area contributed by atoms with E-state index in [1.807, 2.05) is 13.8 Å². The van der Waals surface area contributed by atoms with Gasteiger partial charge in [0.2, 0.25) is 0 Å². The molecule has 0 amide bonds. The molecule has 0 heterocycles. The van der Waals surface area contributed by atoms with E-state index in [-0.39, 0.29) is 0 Å². The van der Waals surface area contributed by atoms with Crippen LogP contribution in [0, 0.1) is 10.5 Å². The molecule has 0 nitrogen and oxygen atoms in total. The van der Waals surface area contributed by atoms with E-state index in [1.54, 1.807) is 0 Å². The summed E-state index contributed by atoms with van der Waals surface area (Å²) < 4.78 is 1.31. The molecule has 0 bridgehead atoms. The summed E-state index contributed by atoms with van der Waals surface area (Å²) in [6.45, 7) is 6.10. The molecule has 0 saturated carbocycles. The average molecular weight is 248 g/mol. The molecule has 1 aromatic carbocycles. The zero-order chi connectivity index (χ0) is 7.98. The lowest BCUT2D eigenvalue weighted by Crippen LogP contribution is -1.70. The van der Waals surface area contributed by atoms with Crippen molar-refractivity contribution in [1.29, 1.82) is 0 Å². The van der Waals surface area contributed by atoms with Gasteiger partial charge in [0.05, 0.1) is 0 Å². The van der Waals surface area contributed by atoms with Crippen LogP contribution in [0.5, 0.6) is 0 Å². The molecule has 0 aromatic heterocycles. The van der Waals surface area contributed by atoms with Crippen LogP contribution >= 0.6 is 22.6 Å². The van der Waals surface area contributed by atoms with Gasteiger partial charge < -0.3 is 0 Å². The third kappa shape index (κ3) is 3.88. The van der Waals surface area contributed by atoms with Gasteiger partial charge >= 0.3 is 0 Å². The Bertz CT molecular complexity index is 165. The molecule has 1 aromatic rings. The van der Waals surface area contributed by atoms with Crippen LogP contribution in [-0.2, 0) is 0 Å². The average Bonchev–Trinajstić information content (AvgIpc) is 1.91. The van der Waals surface area contributed by atoms with Crippen LogP contribution in [0.3, 0.4) is 0 Å². The van der Waals surface area contributed by atoms with Crippen molar-refractivity contribution in [1.82, 2.24) is 0 Å². The molecule has 0 spiro atoms. The fraction of sp³-hybridized carbons (Fsp3) is 0.333.